The van der Waals surface area contributed by atoms with Gasteiger partial charge in [-0.1, -0.05) is 20.3 Å². The van der Waals surface area contributed by atoms with Crippen LogP contribution in [0.2, 0.25) is 0 Å². The van der Waals surface area contributed by atoms with Crippen LogP contribution in [0.1, 0.15) is 37.9 Å². The van der Waals surface area contributed by atoms with Crippen molar-refractivity contribution in [3.05, 3.63) is 11.3 Å². The molecule has 0 amide bonds. The van der Waals surface area contributed by atoms with E-state index in [4.69, 9.17) is 5.73 Å². The van der Waals surface area contributed by atoms with E-state index in [0.717, 1.165) is 36.5 Å². The summed E-state index contributed by atoms with van der Waals surface area (Å²) in [5.41, 5.74) is 8.20. The smallest absolute Gasteiger partial charge is 0.124 e. The SMILES string of the molecule is CCCCn1nc(CC)c(C)c1N. The molecule has 0 bridgehead atoms. The molecule has 0 aromatic carbocycles. The highest BCUT2D eigenvalue weighted by Crippen LogP contribution is 2.16. The molecule has 0 radical (unpaired) electrons. The van der Waals surface area contributed by atoms with Gasteiger partial charge >= 0.3 is 0 Å². The lowest BCUT2D eigenvalue weighted by molar-refractivity contribution is 0.573. The highest BCUT2D eigenvalue weighted by atomic mass is 15.3. The largest absolute Gasteiger partial charge is 0.384 e. The molecule has 3 nitrogen and oxygen atoms in total. The van der Waals surface area contributed by atoms with Crippen LogP contribution in [0.4, 0.5) is 5.82 Å². The van der Waals surface area contributed by atoms with Crippen molar-refractivity contribution in [2.45, 2.75) is 46.6 Å². The van der Waals surface area contributed by atoms with Gasteiger partial charge in [-0.25, -0.2) is 4.68 Å². The Labute approximate surface area is 79.9 Å². The molecule has 1 heterocycles. The van der Waals surface area contributed by atoms with E-state index in [9.17, 15) is 0 Å². The lowest BCUT2D eigenvalue weighted by Gasteiger charge is -2.01. The van der Waals surface area contributed by atoms with Gasteiger partial charge in [-0.05, 0) is 19.8 Å². The van der Waals surface area contributed by atoms with E-state index in [0.29, 0.717) is 0 Å². The van der Waals surface area contributed by atoms with Crippen molar-refractivity contribution in [3.8, 4) is 0 Å². The molecule has 3 heteroatoms. The second-order valence-corrected chi connectivity index (χ2v) is 3.39. The summed E-state index contributed by atoms with van der Waals surface area (Å²) in [5, 5.41) is 4.46. The van der Waals surface area contributed by atoms with Crippen molar-refractivity contribution in [3.63, 3.8) is 0 Å². The van der Waals surface area contributed by atoms with E-state index in [1.54, 1.807) is 0 Å². The molecule has 2 N–H and O–H groups in total. The van der Waals surface area contributed by atoms with Crippen molar-refractivity contribution in [1.82, 2.24) is 9.78 Å². The van der Waals surface area contributed by atoms with Crippen LogP contribution in [0.3, 0.4) is 0 Å². The summed E-state index contributed by atoms with van der Waals surface area (Å²) in [4.78, 5) is 0. The van der Waals surface area contributed by atoms with Crippen LogP contribution in [-0.2, 0) is 13.0 Å². The number of hydrogen-bond donors (Lipinski definition) is 1. The van der Waals surface area contributed by atoms with Gasteiger partial charge in [-0.3, -0.25) is 0 Å². The van der Waals surface area contributed by atoms with Crippen LogP contribution in [-0.4, -0.2) is 9.78 Å². The van der Waals surface area contributed by atoms with E-state index in [1.165, 1.54) is 6.42 Å². The van der Waals surface area contributed by atoms with Crippen molar-refractivity contribution < 1.29 is 0 Å². The maximum atomic E-state index is 5.92. The van der Waals surface area contributed by atoms with Gasteiger partial charge in [-0.15, -0.1) is 0 Å². The van der Waals surface area contributed by atoms with Gasteiger partial charge in [0.15, 0.2) is 0 Å². The normalized spacial score (nSPS) is 10.7. The van der Waals surface area contributed by atoms with Crippen LogP contribution in [0.5, 0.6) is 0 Å². The molecule has 1 aromatic heterocycles. The minimum Gasteiger partial charge on any atom is -0.384 e. The van der Waals surface area contributed by atoms with E-state index in [-0.39, 0.29) is 0 Å². The van der Waals surface area contributed by atoms with Crippen LogP contribution in [0.25, 0.3) is 0 Å². The number of aromatic nitrogens is 2. The first kappa shape index (κ1) is 10.1. The Morgan fingerprint density at radius 3 is 2.54 bits per heavy atom. The Morgan fingerprint density at radius 2 is 2.08 bits per heavy atom. The van der Waals surface area contributed by atoms with Gasteiger partial charge in [0, 0.05) is 12.1 Å². The summed E-state index contributed by atoms with van der Waals surface area (Å²) < 4.78 is 1.93. The monoisotopic (exact) mass is 181 g/mol. The molecule has 0 aliphatic heterocycles. The third-order valence-corrected chi connectivity index (χ3v) is 2.39. The first-order valence-corrected chi connectivity index (χ1v) is 5.02. The van der Waals surface area contributed by atoms with Gasteiger partial charge in [0.25, 0.3) is 0 Å². The van der Waals surface area contributed by atoms with Gasteiger partial charge < -0.3 is 5.73 Å². The molecule has 0 aliphatic rings. The molecule has 0 unspecified atom stereocenters. The van der Waals surface area contributed by atoms with E-state index < -0.39 is 0 Å². The molecular formula is C10H19N3. The number of unbranched alkanes of at least 4 members (excludes halogenated alkanes) is 1. The predicted molar refractivity (Wildman–Crippen MR) is 55.7 cm³/mol. The topological polar surface area (TPSA) is 43.8 Å². The fourth-order valence-corrected chi connectivity index (χ4v) is 1.43. The summed E-state index contributed by atoms with van der Waals surface area (Å²) >= 11 is 0. The van der Waals surface area contributed by atoms with E-state index in [1.807, 2.05) is 11.6 Å². The second kappa shape index (κ2) is 4.30. The fourth-order valence-electron chi connectivity index (χ4n) is 1.43. The average molecular weight is 181 g/mol. The molecular weight excluding hydrogens is 162 g/mol. The van der Waals surface area contributed by atoms with Gasteiger partial charge in [-0.2, -0.15) is 5.10 Å². The second-order valence-electron chi connectivity index (χ2n) is 3.39. The van der Waals surface area contributed by atoms with Crippen LogP contribution >= 0.6 is 0 Å². The third kappa shape index (κ3) is 2.02. The molecule has 1 rings (SSSR count). The number of nitrogens with zero attached hydrogens (tertiary/aromatic N) is 2. The van der Waals surface area contributed by atoms with Crippen molar-refractivity contribution in [2.24, 2.45) is 0 Å². The molecule has 0 saturated heterocycles. The first-order valence-electron chi connectivity index (χ1n) is 5.02. The van der Waals surface area contributed by atoms with Crippen molar-refractivity contribution in [1.29, 1.82) is 0 Å². The zero-order valence-corrected chi connectivity index (χ0v) is 8.80. The Balaban J connectivity index is 2.82. The fraction of sp³-hybridized carbons (Fsp3) is 0.700. The summed E-state index contributed by atoms with van der Waals surface area (Å²) in [6, 6.07) is 0. The lowest BCUT2D eigenvalue weighted by Crippen LogP contribution is -2.04. The Kier molecular flexibility index (Phi) is 3.34. The number of nitrogen functional groups attached to an aromatic ring is 1. The zero-order chi connectivity index (χ0) is 9.84. The highest BCUT2D eigenvalue weighted by Gasteiger charge is 2.08. The lowest BCUT2D eigenvalue weighted by atomic mass is 10.2. The number of anilines is 1. The number of aryl methyl sites for hydroxylation is 2. The van der Waals surface area contributed by atoms with Crippen molar-refractivity contribution >= 4 is 5.82 Å². The van der Waals surface area contributed by atoms with Gasteiger partial charge in [0.2, 0.25) is 0 Å². The predicted octanol–water partition coefficient (Wildman–Crippen LogP) is 2.14. The molecule has 13 heavy (non-hydrogen) atoms. The summed E-state index contributed by atoms with van der Waals surface area (Å²) in [6.07, 6.45) is 3.30. The number of rotatable bonds is 4. The van der Waals surface area contributed by atoms with Crippen LogP contribution in [0, 0.1) is 6.92 Å². The molecule has 0 saturated carbocycles. The molecule has 0 atom stereocenters. The number of hydrogen-bond acceptors (Lipinski definition) is 2. The van der Waals surface area contributed by atoms with Crippen LogP contribution < -0.4 is 5.73 Å². The van der Waals surface area contributed by atoms with Crippen LogP contribution in [0.15, 0.2) is 0 Å². The quantitative estimate of drug-likeness (QED) is 0.773. The summed E-state index contributed by atoms with van der Waals surface area (Å²) in [6.45, 7) is 7.28. The molecule has 74 valence electrons. The highest BCUT2D eigenvalue weighted by molar-refractivity contribution is 5.42. The third-order valence-electron chi connectivity index (χ3n) is 2.39. The Morgan fingerprint density at radius 1 is 1.38 bits per heavy atom. The van der Waals surface area contributed by atoms with E-state index in [2.05, 4.69) is 18.9 Å². The minimum atomic E-state index is 0.838. The summed E-state index contributed by atoms with van der Waals surface area (Å²) in [5.74, 6) is 0.838. The molecule has 0 fully saturated rings. The van der Waals surface area contributed by atoms with Gasteiger partial charge in [0.1, 0.15) is 5.82 Å². The maximum Gasteiger partial charge on any atom is 0.124 e. The minimum absolute atomic E-state index is 0.838. The molecule has 1 aromatic rings. The van der Waals surface area contributed by atoms with E-state index >= 15 is 0 Å². The average Bonchev–Trinajstić information content (AvgIpc) is 2.41. The standard InChI is InChI=1S/C10H19N3/c1-4-6-7-13-10(11)8(3)9(5-2)12-13/h4-7,11H2,1-3H3. The molecule has 0 aliphatic carbocycles. The van der Waals surface area contributed by atoms with Gasteiger partial charge in [0.05, 0.1) is 5.69 Å². The number of nitrogens with two attached hydrogens (primary N) is 1. The van der Waals surface area contributed by atoms with Crippen molar-refractivity contribution in [2.75, 3.05) is 5.73 Å². The Bertz CT molecular complexity index is 276. The molecule has 0 spiro atoms. The summed E-state index contributed by atoms with van der Waals surface area (Å²) in [7, 11) is 0. The first-order chi connectivity index (χ1) is 6.20. The zero-order valence-electron chi connectivity index (χ0n) is 8.80. The Hall–Kier alpha value is -0.990. The maximum absolute atomic E-state index is 5.92.